The van der Waals surface area contributed by atoms with Crippen LogP contribution in [0.1, 0.15) is 406 Å². The van der Waals surface area contributed by atoms with Crippen molar-refractivity contribution in [2.24, 2.45) is 0 Å². The minimum absolute atomic E-state index is 0.0830. The summed E-state index contributed by atoms with van der Waals surface area (Å²) in [6.07, 6.45) is 119. The van der Waals surface area contributed by atoms with E-state index in [0.717, 1.165) is 161 Å². The van der Waals surface area contributed by atoms with Crippen LogP contribution < -0.4 is 0 Å². The van der Waals surface area contributed by atoms with Crippen molar-refractivity contribution < 1.29 is 75.8 Å². The van der Waals surface area contributed by atoms with Gasteiger partial charge in [0.05, 0.1) is 26.4 Å². The number of allylic oxidation sites excluding steroid dienone is 26. The van der Waals surface area contributed by atoms with Gasteiger partial charge in [-0.1, -0.05) is 397 Å². The third-order valence-corrected chi connectivity index (χ3v) is 22.1. The number of unbranched alkanes of at least 4 members (excludes halogenated alkanes) is 41. The fraction of sp³-hybridized carbons (Fsp3) is 0.713. The van der Waals surface area contributed by atoms with Crippen molar-refractivity contribution in [1.29, 1.82) is 0 Å². The maximum absolute atomic E-state index is 13.0. The second kappa shape index (κ2) is 92.4. The molecule has 684 valence electrons. The lowest BCUT2D eigenvalue weighted by Gasteiger charge is -2.21. The average molecular weight is 1710 g/mol. The Morgan fingerprint density at radius 3 is 0.706 bits per heavy atom. The van der Waals surface area contributed by atoms with Crippen molar-refractivity contribution in [1.82, 2.24) is 0 Å². The van der Waals surface area contributed by atoms with Crippen molar-refractivity contribution >= 4 is 33.6 Å². The zero-order valence-electron chi connectivity index (χ0n) is 75.5. The van der Waals surface area contributed by atoms with E-state index in [9.17, 15) is 43.5 Å². The highest BCUT2D eigenvalue weighted by molar-refractivity contribution is 7.47. The molecule has 0 rings (SSSR count). The number of phosphoric acid groups is 2. The van der Waals surface area contributed by atoms with Gasteiger partial charge in [-0.2, -0.15) is 0 Å². The molecule has 0 amide bonds. The van der Waals surface area contributed by atoms with Crippen molar-refractivity contribution in [3.05, 3.63) is 158 Å². The quantitative estimate of drug-likeness (QED) is 0.0146. The predicted molar refractivity (Wildman–Crippen MR) is 500 cm³/mol. The van der Waals surface area contributed by atoms with Gasteiger partial charge in [-0.05, 0) is 148 Å². The number of aliphatic hydroxyl groups is 2. The molecule has 5 atom stereocenters. The minimum atomic E-state index is -4.94. The summed E-state index contributed by atoms with van der Waals surface area (Å²) in [5.41, 5.74) is 0. The van der Waals surface area contributed by atoms with Crippen molar-refractivity contribution in [2.75, 3.05) is 39.6 Å². The van der Waals surface area contributed by atoms with E-state index >= 15 is 0 Å². The summed E-state index contributed by atoms with van der Waals surface area (Å²) in [5.74, 6) is -1.58. The van der Waals surface area contributed by atoms with Crippen LogP contribution in [0.15, 0.2) is 158 Å². The van der Waals surface area contributed by atoms with E-state index in [4.69, 9.17) is 32.3 Å². The van der Waals surface area contributed by atoms with Crippen molar-refractivity contribution in [3.8, 4) is 0 Å². The van der Waals surface area contributed by atoms with Crippen LogP contribution in [-0.4, -0.2) is 95.9 Å². The smallest absolute Gasteiger partial charge is 0.463 e. The van der Waals surface area contributed by atoms with Crippen LogP contribution >= 0.6 is 15.6 Å². The summed E-state index contributed by atoms with van der Waals surface area (Å²) in [6, 6.07) is 0. The monoisotopic (exact) mass is 1710 g/mol. The fourth-order valence-corrected chi connectivity index (χ4v) is 14.6. The molecule has 4 N–H and O–H groups in total. The number of phosphoric ester groups is 2. The van der Waals surface area contributed by atoms with E-state index in [2.05, 4.69) is 179 Å². The van der Waals surface area contributed by atoms with Crippen LogP contribution in [0.5, 0.6) is 0 Å². The number of hydrogen-bond acceptors (Lipinski definition) is 14. The molecule has 0 radical (unpaired) electrons. The molecule has 119 heavy (non-hydrogen) atoms. The lowest BCUT2D eigenvalue weighted by Crippen LogP contribution is -2.30. The molecular formula is C101H174O16P2. The molecule has 0 aromatic rings. The van der Waals surface area contributed by atoms with Crippen LogP contribution in [0.2, 0.25) is 0 Å². The molecule has 0 bridgehead atoms. The number of hydrogen-bond donors (Lipinski definition) is 4. The van der Waals surface area contributed by atoms with E-state index in [1.807, 2.05) is 0 Å². The number of rotatable bonds is 90. The first-order valence-electron chi connectivity index (χ1n) is 47.8. The molecule has 0 aromatic heterocycles. The Morgan fingerprint density at radius 2 is 0.445 bits per heavy atom. The number of ether oxygens (including phenoxy) is 3. The Balaban J connectivity index is 4.42. The van der Waals surface area contributed by atoms with E-state index in [0.29, 0.717) is 19.3 Å². The SMILES string of the molecule is CC/C=C\C/C=C\C/C=C\C/C=C\C/C=C\C/C=C\CCCCCCCCCCCCCCCCC(=O)OCC(COP(=O)(O)OCC(O)COP(=O)(O)OCC(O)COC(=O)CCCCCCCCCCCCCCCCCCCCC/C=C\C/C=C\C/C=C\C/C=C\CCCCC)OC(=O)CCCCCCC/C=C\C/C=C\C/C=C\CC. The molecular weight excluding hydrogens is 1530 g/mol. The third kappa shape index (κ3) is 93.7. The Labute approximate surface area is 727 Å². The van der Waals surface area contributed by atoms with Gasteiger partial charge in [0.25, 0.3) is 0 Å². The summed E-state index contributed by atoms with van der Waals surface area (Å²) in [4.78, 5) is 58.9. The lowest BCUT2D eigenvalue weighted by molar-refractivity contribution is -0.161. The van der Waals surface area contributed by atoms with Crippen LogP contribution in [0.25, 0.3) is 0 Å². The maximum Gasteiger partial charge on any atom is 0.472 e. The molecule has 0 aliphatic carbocycles. The van der Waals surface area contributed by atoms with Gasteiger partial charge in [0.1, 0.15) is 25.4 Å². The van der Waals surface area contributed by atoms with Crippen molar-refractivity contribution in [2.45, 2.75) is 424 Å². The Bertz CT molecular complexity index is 2790. The second-order valence-corrected chi connectivity index (χ2v) is 34.7. The topological polar surface area (TPSA) is 231 Å². The Hall–Kier alpha value is -4.83. The van der Waals surface area contributed by atoms with Crippen molar-refractivity contribution in [3.63, 3.8) is 0 Å². The molecule has 16 nitrogen and oxygen atoms in total. The first-order valence-corrected chi connectivity index (χ1v) is 50.8. The number of esters is 3. The highest BCUT2D eigenvalue weighted by Crippen LogP contribution is 2.45. The van der Waals surface area contributed by atoms with E-state index in [1.165, 1.54) is 186 Å². The minimum Gasteiger partial charge on any atom is -0.463 e. The molecule has 0 fully saturated rings. The van der Waals surface area contributed by atoms with E-state index < -0.39 is 91.5 Å². The number of aliphatic hydroxyl groups excluding tert-OH is 2. The fourth-order valence-electron chi connectivity index (χ4n) is 13.0. The first kappa shape index (κ1) is 114. The lowest BCUT2D eigenvalue weighted by atomic mass is 10.0. The molecule has 0 saturated carbocycles. The molecule has 0 heterocycles. The standard InChI is InChI=1S/C101H174O16P2/c1-4-7-10-13-16-19-22-25-28-30-32-34-36-38-40-42-44-46-47-49-51-52-54-56-58-60-62-64-67-69-72-75-78-81-84-87-99(104)111-90-96(102)91-113-118(107,108)114-92-97(103)93-115-119(109,110)116-95-98(117-101(106)89-86-83-80-77-74-71-66-27-24-21-18-15-12-9-6-3)94-112-100(105)88-85-82-79-76-73-70-68-65-63-61-59-57-55-53-50-48-45-43-41-39-37-35-33-31-29-26-23-20-17-14-11-8-5-2/h8-9,11-12,16-21,25-29,32-35,38-41,45,48,66,96-98,102-103H,4-7,10,13-15,22-24,30-31,36-37,42-44,46-47,49-65,67-95H2,1-3H3,(H,107,108)(H,109,110)/b11-8-,12-9-,19-16-,20-17-,21-18-,28-25-,29-26-,34-32-,35-33-,40-38-,41-39-,48-45-,66-27-. The van der Waals surface area contributed by atoms with Gasteiger partial charge in [0.2, 0.25) is 0 Å². The van der Waals surface area contributed by atoms with Gasteiger partial charge < -0.3 is 34.2 Å². The molecule has 0 aliphatic rings. The summed E-state index contributed by atoms with van der Waals surface area (Å²) >= 11 is 0. The van der Waals surface area contributed by atoms with Crippen LogP contribution in [0.4, 0.5) is 0 Å². The van der Waals surface area contributed by atoms with Crippen LogP contribution in [-0.2, 0) is 55.8 Å². The normalized spacial score (nSPS) is 14.4. The predicted octanol–water partition coefficient (Wildman–Crippen LogP) is 29.7. The molecule has 0 aromatic carbocycles. The van der Waals surface area contributed by atoms with E-state index in [1.54, 1.807) is 0 Å². The highest BCUT2D eigenvalue weighted by atomic mass is 31.2. The third-order valence-electron chi connectivity index (χ3n) is 20.2. The summed E-state index contributed by atoms with van der Waals surface area (Å²) in [5, 5.41) is 20.7. The van der Waals surface area contributed by atoms with Gasteiger partial charge in [-0.3, -0.25) is 32.5 Å². The Morgan fingerprint density at radius 1 is 0.244 bits per heavy atom. The molecule has 18 heteroatoms. The molecule has 5 unspecified atom stereocenters. The summed E-state index contributed by atoms with van der Waals surface area (Å²) in [6.45, 7) is 2.46. The van der Waals surface area contributed by atoms with Crippen LogP contribution in [0, 0.1) is 0 Å². The van der Waals surface area contributed by atoms with Crippen LogP contribution in [0.3, 0.4) is 0 Å². The Kier molecular flexibility index (Phi) is 88.6. The number of carbonyl (C=O) groups excluding carboxylic acids is 3. The van der Waals surface area contributed by atoms with Gasteiger partial charge in [-0.15, -0.1) is 0 Å². The highest BCUT2D eigenvalue weighted by Gasteiger charge is 2.30. The average Bonchev–Trinajstić information content (AvgIpc) is 0.900. The molecule has 0 saturated heterocycles. The van der Waals surface area contributed by atoms with E-state index in [-0.39, 0.29) is 19.3 Å². The van der Waals surface area contributed by atoms with Gasteiger partial charge in [0.15, 0.2) is 6.10 Å². The second-order valence-electron chi connectivity index (χ2n) is 31.8. The zero-order chi connectivity index (χ0) is 86.5. The summed E-state index contributed by atoms with van der Waals surface area (Å²) in [7, 11) is -9.81. The maximum atomic E-state index is 13.0. The zero-order valence-corrected chi connectivity index (χ0v) is 77.3. The van der Waals surface area contributed by atoms with Gasteiger partial charge in [-0.25, -0.2) is 9.13 Å². The first-order chi connectivity index (χ1) is 58.2. The van der Waals surface area contributed by atoms with Gasteiger partial charge >= 0.3 is 33.6 Å². The largest absolute Gasteiger partial charge is 0.472 e. The molecule has 0 aliphatic heterocycles. The summed E-state index contributed by atoms with van der Waals surface area (Å²) < 4.78 is 61.4. The number of carbonyl (C=O) groups is 3. The molecule has 0 spiro atoms. The van der Waals surface area contributed by atoms with Gasteiger partial charge in [0, 0.05) is 19.3 Å².